The molecule has 9 heteroatoms. The number of hydrogen-bond acceptors (Lipinski definition) is 6. The number of hydrogen-bond donors (Lipinski definition) is 4. The quantitative estimate of drug-likeness (QED) is 0.388. The molecule has 0 bridgehead atoms. The minimum absolute atomic E-state index is 0. The van der Waals surface area contributed by atoms with Crippen molar-refractivity contribution in [2.75, 3.05) is 0 Å². The molecular formula is C16H32O8Ti. The van der Waals surface area contributed by atoms with Crippen molar-refractivity contribution >= 4 is 23.5 Å². The summed E-state index contributed by atoms with van der Waals surface area (Å²) in [5.74, 6) is -2.54. The van der Waals surface area contributed by atoms with Crippen molar-refractivity contribution in [1.29, 1.82) is 0 Å². The Hall–Kier alpha value is -1.09. The van der Waals surface area contributed by atoms with Crippen LogP contribution in [0.1, 0.15) is 67.2 Å². The van der Waals surface area contributed by atoms with E-state index in [1.165, 1.54) is 0 Å². The van der Waals surface area contributed by atoms with Gasteiger partial charge in [-0.1, -0.05) is 13.8 Å². The van der Waals surface area contributed by atoms with Crippen LogP contribution in [0.25, 0.3) is 0 Å². The molecule has 0 saturated heterocycles. The maximum Gasteiger partial charge on any atom is 0.310 e. The molecule has 0 amide bonds. The third-order valence-corrected chi connectivity index (χ3v) is 1.49. The van der Waals surface area contributed by atoms with Crippen molar-refractivity contribution < 1.29 is 61.3 Å². The molecule has 0 radical (unpaired) electrons. The fraction of sp³-hybridized carbons (Fsp3) is 0.750. The second-order valence-electron chi connectivity index (χ2n) is 5.11. The molecule has 0 aromatic heterocycles. The van der Waals surface area contributed by atoms with E-state index in [-0.39, 0.29) is 58.3 Å². The molecule has 0 saturated carbocycles. The monoisotopic (exact) mass is 400 g/mol. The predicted octanol–water partition coefficient (Wildman–Crippen LogP) is 1.65. The molecular weight excluding hydrogens is 368 g/mol. The standard InChI is InChI=1S/2C5H8O3.2C3H8O.Ti/c2*1-2-4(6)3-5(7)8;2*1-3(2)4;/h2*2-3H2,1H3,(H,7,8);2*3-4H,1-2H3;. The van der Waals surface area contributed by atoms with Crippen molar-refractivity contribution in [2.24, 2.45) is 0 Å². The van der Waals surface area contributed by atoms with Crippen LogP contribution in [-0.2, 0) is 40.9 Å². The minimum Gasteiger partial charge on any atom is -0.481 e. The average Bonchev–Trinajstić information content (AvgIpc) is 2.36. The first kappa shape index (κ1) is 35.1. The van der Waals surface area contributed by atoms with Crippen LogP contribution in [-0.4, -0.2) is 56.1 Å². The topological polar surface area (TPSA) is 149 Å². The third kappa shape index (κ3) is 84.1. The number of rotatable bonds is 6. The van der Waals surface area contributed by atoms with E-state index < -0.39 is 11.9 Å². The molecule has 25 heavy (non-hydrogen) atoms. The molecule has 0 aliphatic rings. The van der Waals surface area contributed by atoms with E-state index in [9.17, 15) is 19.2 Å². The number of aliphatic hydroxyl groups is 2. The Morgan fingerprint density at radius 3 is 0.880 bits per heavy atom. The van der Waals surface area contributed by atoms with E-state index in [0.717, 1.165) is 0 Å². The number of carboxylic acids is 2. The molecule has 0 atom stereocenters. The number of aliphatic carboxylic acids is 2. The van der Waals surface area contributed by atoms with Gasteiger partial charge in [-0.25, -0.2) is 0 Å². The zero-order valence-electron chi connectivity index (χ0n) is 15.9. The molecule has 0 aliphatic heterocycles. The SMILES string of the molecule is CC(C)O.CC(C)O.CCC(=O)CC(=O)O.CCC(=O)CC(=O)O.[Ti]. The number of carbonyl (C=O) groups is 4. The second-order valence-corrected chi connectivity index (χ2v) is 5.11. The van der Waals surface area contributed by atoms with Crippen molar-refractivity contribution in [3.05, 3.63) is 0 Å². The van der Waals surface area contributed by atoms with Gasteiger partial charge in [0.15, 0.2) is 0 Å². The van der Waals surface area contributed by atoms with Gasteiger partial charge in [-0.3, -0.25) is 19.2 Å². The molecule has 0 aliphatic carbocycles. The molecule has 148 valence electrons. The first-order valence-electron chi connectivity index (χ1n) is 7.63. The Morgan fingerprint density at radius 2 is 0.840 bits per heavy atom. The van der Waals surface area contributed by atoms with Gasteiger partial charge in [0.25, 0.3) is 0 Å². The van der Waals surface area contributed by atoms with E-state index in [4.69, 9.17) is 20.4 Å². The molecule has 8 nitrogen and oxygen atoms in total. The average molecular weight is 400 g/mol. The summed E-state index contributed by atoms with van der Waals surface area (Å²) in [6, 6.07) is 0. The number of carboxylic acid groups (broad SMARTS) is 2. The summed E-state index contributed by atoms with van der Waals surface area (Å²) in [5, 5.41) is 32.1. The number of carbonyl (C=O) groups excluding carboxylic acids is 2. The molecule has 0 aromatic rings. The van der Waals surface area contributed by atoms with Gasteiger partial charge in [-0.2, -0.15) is 0 Å². The zero-order valence-corrected chi connectivity index (χ0v) is 17.5. The van der Waals surface area contributed by atoms with E-state index in [1.54, 1.807) is 41.5 Å². The number of aliphatic hydroxyl groups excluding tert-OH is 2. The summed E-state index contributed by atoms with van der Waals surface area (Å²) < 4.78 is 0. The second kappa shape index (κ2) is 25.2. The summed E-state index contributed by atoms with van der Waals surface area (Å²) in [6.45, 7) is 10.2. The van der Waals surface area contributed by atoms with Crippen LogP contribution in [0.15, 0.2) is 0 Å². The summed E-state index contributed by atoms with van der Waals surface area (Å²) in [7, 11) is 0. The van der Waals surface area contributed by atoms with E-state index >= 15 is 0 Å². The van der Waals surface area contributed by atoms with Crippen LogP contribution < -0.4 is 0 Å². The van der Waals surface area contributed by atoms with Gasteiger partial charge in [0.2, 0.25) is 0 Å². The first-order chi connectivity index (χ1) is 10.8. The molecule has 0 spiro atoms. The summed E-state index contributed by atoms with van der Waals surface area (Å²) >= 11 is 0. The number of Topliss-reactive ketones (excluding diaryl/α,β-unsaturated/α-hetero) is 2. The molecule has 0 unspecified atom stereocenters. The first-order valence-corrected chi connectivity index (χ1v) is 7.63. The summed E-state index contributed by atoms with van der Waals surface area (Å²) in [6.07, 6.45) is -0.383. The van der Waals surface area contributed by atoms with Crippen LogP contribution in [0.4, 0.5) is 0 Å². The van der Waals surface area contributed by atoms with E-state index in [0.29, 0.717) is 12.8 Å². The maximum atomic E-state index is 10.2. The van der Waals surface area contributed by atoms with Gasteiger partial charge in [0.05, 0.1) is 0 Å². The van der Waals surface area contributed by atoms with Crippen molar-refractivity contribution in [2.45, 2.75) is 79.4 Å². The Kier molecular flexibility index (Phi) is 35.3. The van der Waals surface area contributed by atoms with E-state index in [2.05, 4.69) is 0 Å². The summed E-state index contributed by atoms with van der Waals surface area (Å²) in [4.78, 5) is 40.0. The van der Waals surface area contributed by atoms with Gasteiger partial charge < -0.3 is 20.4 Å². The Balaban J connectivity index is -0.0000000739. The summed E-state index contributed by atoms with van der Waals surface area (Å²) in [5.41, 5.74) is 0. The number of ketones is 2. The Morgan fingerprint density at radius 1 is 0.680 bits per heavy atom. The van der Waals surface area contributed by atoms with Crippen LogP contribution in [0, 0.1) is 0 Å². The Bertz CT molecular complexity index is 315. The van der Waals surface area contributed by atoms with Crippen LogP contribution in [0.3, 0.4) is 0 Å². The van der Waals surface area contributed by atoms with Crippen molar-refractivity contribution in [3.8, 4) is 0 Å². The van der Waals surface area contributed by atoms with Gasteiger partial charge >= 0.3 is 11.9 Å². The molecule has 0 fully saturated rings. The fourth-order valence-electron chi connectivity index (χ4n) is 0.587. The van der Waals surface area contributed by atoms with Gasteiger partial charge in [0.1, 0.15) is 24.4 Å². The third-order valence-electron chi connectivity index (χ3n) is 1.49. The van der Waals surface area contributed by atoms with Gasteiger partial charge in [0, 0.05) is 46.8 Å². The fourth-order valence-corrected chi connectivity index (χ4v) is 0.587. The van der Waals surface area contributed by atoms with Crippen molar-refractivity contribution in [1.82, 2.24) is 0 Å². The van der Waals surface area contributed by atoms with Crippen LogP contribution >= 0.6 is 0 Å². The Labute approximate surface area is 164 Å². The molecule has 0 aromatic carbocycles. The molecule has 0 heterocycles. The normalized spacial score (nSPS) is 8.40. The van der Waals surface area contributed by atoms with Crippen LogP contribution in [0.5, 0.6) is 0 Å². The predicted molar refractivity (Wildman–Crippen MR) is 89.8 cm³/mol. The largest absolute Gasteiger partial charge is 0.481 e. The van der Waals surface area contributed by atoms with E-state index in [1.807, 2.05) is 0 Å². The van der Waals surface area contributed by atoms with Crippen molar-refractivity contribution in [3.63, 3.8) is 0 Å². The molecule has 4 N–H and O–H groups in total. The maximum absolute atomic E-state index is 10.2. The van der Waals surface area contributed by atoms with Gasteiger partial charge in [-0.05, 0) is 27.7 Å². The van der Waals surface area contributed by atoms with Gasteiger partial charge in [-0.15, -0.1) is 0 Å². The molecule has 0 rings (SSSR count). The smallest absolute Gasteiger partial charge is 0.310 e. The minimum atomic E-state index is -1.04. The zero-order chi connectivity index (χ0) is 20.3. The van der Waals surface area contributed by atoms with Crippen LogP contribution in [0.2, 0.25) is 0 Å².